The minimum Gasteiger partial charge on any atom is -0.494 e. The Morgan fingerprint density at radius 2 is 2.08 bits per heavy atom. The van der Waals surface area contributed by atoms with E-state index in [2.05, 4.69) is 15.5 Å². The number of hydrogen-bond donors (Lipinski definition) is 1. The third-order valence-electron chi connectivity index (χ3n) is 3.23. The highest BCUT2D eigenvalue weighted by atomic mass is 32.1. The quantitative estimate of drug-likeness (QED) is 0.713. The van der Waals surface area contributed by atoms with Crippen LogP contribution in [0.15, 0.2) is 46.2 Å². The standard InChI is InChI=1S/C17H17N3O3S/c1-2-22-13-7-5-12(6-8-13)11-18-15(21)10-16-19-20-17(23-16)14-4-3-9-24-14/h3-9H,2,10-11H2,1H3,(H,18,21). The van der Waals surface area contributed by atoms with Gasteiger partial charge in [-0.1, -0.05) is 18.2 Å². The molecule has 0 aliphatic heterocycles. The van der Waals surface area contributed by atoms with E-state index < -0.39 is 0 Å². The van der Waals surface area contributed by atoms with Gasteiger partial charge >= 0.3 is 0 Å². The van der Waals surface area contributed by atoms with E-state index in [0.29, 0.717) is 24.9 Å². The predicted octanol–water partition coefficient (Wildman–Crippen LogP) is 3.06. The topological polar surface area (TPSA) is 77.2 Å². The van der Waals surface area contributed by atoms with Crippen molar-refractivity contribution in [3.05, 3.63) is 53.2 Å². The first-order valence-corrected chi connectivity index (χ1v) is 8.47. The zero-order valence-electron chi connectivity index (χ0n) is 13.2. The summed E-state index contributed by atoms with van der Waals surface area (Å²) in [4.78, 5) is 12.9. The van der Waals surface area contributed by atoms with Crippen LogP contribution in [0, 0.1) is 0 Å². The van der Waals surface area contributed by atoms with Gasteiger partial charge < -0.3 is 14.5 Å². The summed E-state index contributed by atoms with van der Waals surface area (Å²) in [6, 6.07) is 11.4. The Balaban J connectivity index is 1.50. The van der Waals surface area contributed by atoms with E-state index in [9.17, 15) is 4.79 Å². The largest absolute Gasteiger partial charge is 0.494 e. The number of hydrogen-bond acceptors (Lipinski definition) is 6. The Morgan fingerprint density at radius 3 is 2.79 bits per heavy atom. The molecule has 0 saturated carbocycles. The summed E-state index contributed by atoms with van der Waals surface area (Å²) in [5, 5.41) is 12.6. The SMILES string of the molecule is CCOc1ccc(CNC(=O)Cc2nnc(-c3cccs3)o2)cc1. The molecule has 0 aliphatic rings. The molecule has 0 spiro atoms. The normalized spacial score (nSPS) is 10.5. The molecular weight excluding hydrogens is 326 g/mol. The first-order chi connectivity index (χ1) is 11.7. The van der Waals surface area contributed by atoms with E-state index in [0.717, 1.165) is 16.2 Å². The van der Waals surface area contributed by atoms with Crippen molar-refractivity contribution in [2.45, 2.75) is 19.9 Å². The maximum Gasteiger partial charge on any atom is 0.257 e. The molecule has 1 N–H and O–H groups in total. The third-order valence-corrected chi connectivity index (χ3v) is 4.09. The van der Waals surface area contributed by atoms with Gasteiger partial charge in [-0.25, -0.2) is 0 Å². The minimum absolute atomic E-state index is 0.0649. The lowest BCUT2D eigenvalue weighted by atomic mass is 10.2. The van der Waals surface area contributed by atoms with Crippen LogP contribution in [0.25, 0.3) is 10.8 Å². The fourth-order valence-corrected chi connectivity index (χ4v) is 2.74. The third kappa shape index (κ3) is 4.20. The van der Waals surface area contributed by atoms with Crippen LogP contribution in [0.1, 0.15) is 18.4 Å². The smallest absolute Gasteiger partial charge is 0.257 e. The molecule has 6 nitrogen and oxygen atoms in total. The van der Waals surface area contributed by atoms with E-state index in [1.807, 2.05) is 48.7 Å². The van der Waals surface area contributed by atoms with E-state index >= 15 is 0 Å². The molecule has 0 unspecified atom stereocenters. The van der Waals surface area contributed by atoms with Crippen molar-refractivity contribution in [1.82, 2.24) is 15.5 Å². The molecule has 2 aromatic heterocycles. The fourth-order valence-electron chi connectivity index (χ4n) is 2.10. The van der Waals surface area contributed by atoms with Crippen molar-refractivity contribution in [2.75, 3.05) is 6.61 Å². The van der Waals surface area contributed by atoms with Crippen LogP contribution in [-0.4, -0.2) is 22.7 Å². The van der Waals surface area contributed by atoms with Gasteiger partial charge in [-0.2, -0.15) is 0 Å². The number of thiophene rings is 1. The second kappa shape index (κ2) is 7.74. The monoisotopic (exact) mass is 343 g/mol. The van der Waals surface area contributed by atoms with Crippen LogP contribution in [0.3, 0.4) is 0 Å². The highest BCUT2D eigenvalue weighted by Gasteiger charge is 2.12. The summed E-state index contributed by atoms with van der Waals surface area (Å²) in [6.45, 7) is 3.01. The van der Waals surface area contributed by atoms with Crippen molar-refractivity contribution < 1.29 is 13.9 Å². The fraction of sp³-hybridized carbons (Fsp3) is 0.235. The number of amides is 1. The van der Waals surface area contributed by atoms with Crippen LogP contribution in [0.4, 0.5) is 0 Å². The maximum absolute atomic E-state index is 12.0. The van der Waals surface area contributed by atoms with Gasteiger partial charge in [0.05, 0.1) is 11.5 Å². The highest BCUT2D eigenvalue weighted by Crippen LogP contribution is 2.22. The molecule has 3 aromatic rings. The molecule has 0 aliphatic carbocycles. The Hall–Kier alpha value is -2.67. The molecule has 24 heavy (non-hydrogen) atoms. The number of aromatic nitrogens is 2. The lowest BCUT2D eigenvalue weighted by Crippen LogP contribution is -2.24. The number of nitrogens with one attached hydrogen (secondary N) is 1. The Kier molecular flexibility index (Phi) is 5.22. The molecule has 0 bridgehead atoms. The van der Waals surface area contributed by atoms with Gasteiger partial charge in [0.25, 0.3) is 5.89 Å². The van der Waals surface area contributed by atoms with Crippen molar-refractivity contribution in [1.29, 1.82) is 0 Å². The Bertz CT molecular complexity index is 782. The van der Waals surface area contributed by atoms with Crippen molar-refractivity contribution in [2.24, 2.45) is 0 Å². The first kappa shape index (κ1) is 16.2. The summed E-state index contributed by atoms with van der Waals surface area (Å²) in [5.74, 6) is 1.41. The maximum atomic E-state index is 12.0. The number of rotatable bonds is 7. The summed E-state index contributed by atoms with van der Waals surface area (Å²) in [6.07, 6.45) is 0.0649. The van der Waals surface area contributed by atoms with Crippen LogP contribution in [0.2, 0.25) is 0 Å². The number of nitrogens with zero attached hydrogens (tertiary/aromatic N) is 2. The average molecular weight is 343 g/mol. The lowest BCUT2D eigenvalue weighted by Gasteiger charge is -2.06. The van der Waals surface area contributed by atoms with Crippen LogP contribution >= 0.6 is 11.3 Å². The second-order valence-electron chi connectivity index (χ2n) is 5.01. The molecule has 0 atom stereocenters. The molecule has 7 heteroatoms. The lowest BCUT2D eigenvalue weighted by molar-refractivity contribution is -0.120. The van der Waals surface area contributed by atoms with Gasteiger partial charge in [-0.05, 0) is 36.1 Å². The van der Waals surface area contributed by atoms with Crippen molar-refractivity contribution in [3.8, 4) is 16.5 Å². The van der Waals surface area contributed by atoms with E-state index in [-0.39, 0.29) is 12.3 Å². The number of ether oxygens (including phenoxy) is 1. The van der Waals surface area contributed by atoms with Crippen LogP contribution < -0.4 is 10.1 Å². The summed E-state index contributed by atoms with van der Waals surface area (Å²) >= 11 is 1.51. The average Bonchev–Trinajstić information content (AvgIpc) is 3.26. The number of carbonyl (C=O) groups is 1. The van der Waals surface area contributed by atoms with Crippen LogP contribution in [-0.2, 0) is 17.8 Å². The van der Waals surface area contributed by atoms with Gasteiger partial charge in [0.1, 0.15) is 12.2 Å². The minimum atomic E-state index is -0.162. The summed E-state index contributed by atoms with van der Waals surface area (Å²) < 4.78 is 10.9. The number of benzene rings is 1. The molecule has 1 aromatic carbocycles. The second-order valence-corrected chi connectivity index (χ2v) is 5.96. The van der Waals surface area contributed by atoms with Gasteiger partial charge in [0.15, 0.2) is 0 Å². The highest BCUT2D eigenvalue weighted by molar-refractivity contribution is 7.13. The van der Waals surface area contributed by atoms with Gasteiger partial charge in [-0.3, -0.25) is 4.79 Å². The van der Waals surface area contributed by atoms with Gasteiger partial charge in [-0.15, -0.1) is 21.5 Å². The number of carbonyl (C=O) groups excluding carboxylic acids is 1. The van der Waals surface area contributed by atoms with E-state index in [1.54, 1.807) is 0 Å². The van der Waals surface area contributed by atoms with E-state index in [4.69, 9.17) is 9.15 Å². The zero-order valence-corrected chi connectivity index (χ0v) is 14.0. The molecule has 3 rings (SSSR count). The molecule has 0 fully saturated rings. The molecule has 2 heterocycles. The van der Waals surface area contributed by atoms with Gasteiger partial charge in [0.2, 0.25) is 11.8 Å². The summed E-state index contributed by atoms with van der Waals surface area (Å²) in [5.41, 5.74) is 0.997. The van der Waals surface area contributed by atoms with Crippen LogP contribution in [0.5, 0.6) is 5.75 Å². The first-order valence-electron chi connectivity index (χ1n) is 7.59. The molecular formula is C17H17N3O3S. The van der Waals surface area contributed by atoms with Crippen molar-refractivity contribution >= 4 is 17.2 Å². The molecule has 124 valence electrons. The van der Waals surface area contributed by atoms with Gasteiger partial charge in [0, 0.05) is 6.54 Å². The summed E-state index contributed by atoms with van der Waals surface area (Å²) in [7, 11) is 0. The zero-order chi connectivity index (χ0) is 16.8. The molecule has 0 radical (unpaired) electrons. The Labute approximate surface area is 143 Å². The molecule has 1 amide bonds. The van der Waals surface area contributed by atoms with E-state index in [1.165, 1.54) is 11.3 Å². The molecule has 0 saturated heterocycles. The Morgan fingerprint density at radius 1 is 1.25 bits per heavy atom. The predicted molar refractivity (Wildman–Crippen MR) is 90.8 cm³/mol. The van der Waals surface area contributed by atoms with Crippen molar-refractivity contribution in [3.63, 3.8) is 0 Å².